The third kappa shape index (κ3) is 4.96. The van der Waals surface area contributed by atoms with E-state index in [0.717, 1.165) is 36.7 Å². The van der Waals surface area contributed by atoms with Crippen LogP contribution in [0.5, 0.6) is 0 Å². The second kappa shape index (κ2) is 8.39. The smallest absolute Gasteiger partial charge is 0.376 e. The average molecular weight is 416 g/mol. The number of alkyl halides is 3. The van der Waals surface area contributed by atoms with Crippen molar-refractivity contribution >= 4 is 23.4 Å². The Labute approximate surface area is 162 Å². The summed E-state index contributed by atoms with van der Waals surface area (Å²) in [6.07, 6.45) is -2.71. The zero-order valence-corrected chi connectivity index (χ0v) is 15.8. The molecule has 0 radical (unpaired) electrons. The lowest BCUT2D eigenvalue weighted by atomic mass is 10.2. The van der Waals surface area contributed by atoms with E-state index >= 15 is 0 Å². The van der Waals surface area contributed by atoms with E-state index < -0.39 is 22.9 Å². The topological polar surface area (TPSA) is 89.0 Å². The molecule has 0 saturated carbocycles. The molecule has 7 nitrogen and oxygen atoms in total. The largest absolute Gasteiger partial charge is 0.416 e. The lowest BCUT2D eigenvalue weighted by molar-refractivity contribution is -0.137. The van der Waals surface area contributed by atoms with Crippen molar-refractivity contribution in [3.8, 4) is 0 Å². The van der Waals surface area contributed by atoms with Crippen molar-refractivity contribution in [2.75, 3.05) is 11.9 Å². The van der Waals surface area contributed by atoms with Gasteiger partial charge in [0.2, 0.25) is 5.91 Å². The summed E-state index contributed by atoms with van der Waals surface area (Å²) in [6.45, 7) is 2.64. The molecule has 2 atom stereocenters. The standard InChI is InChI=1S/C17H19F3N4O3S/c1-10(14(25)21-12-6-4-11(5-7-12)17(18,19)20)28-16-23-22-15(26)24(16)9-13-3-2-8-27-13/h4-7,10,13H,2-3,8-9H2,1H3,(H,21,25)(H,22,26). The Morgan fingerprint density at radius 1 is 1.43 bits per heavy atom. The van der Waals surface area contributed by atoms with Crippen molar-refractivity contribution in [1.82, 2.24) is 14.8 Å². The van der Waals surface area contributed by atoms with Crippen LogP contribution in [0.2, 0.25) is 0 Å². The summed E-state index contributed by atoms with van der Waals surface area (Å²) in [6, 6.07) is 4.20. The SMILES string of the molecule is CC(Sc1n[nH]c(=O)n1CC1CCCO1)C(=O)Nc1ccc(C(F)(F)F)cc1. The first-order valence-electron chi connectivity index (χ1n) is 8.65. The van der Waals surface area contributed by atoms with Crippen LogP contribution in [0.1, 0.15) is 25.3 Å². The van der Waals surface area contributed by atoms with E-state index in [1.165, 1.54) is 16.7 Å². The number of rotatable bonds is 6. The molecular formula is C17H19F3N4O3S. The maximum absolute atomic E-state index is 12.6. The van der Waals surface area contributed by atoms with E-state index in [4.69, 9.17) is 4.74 Å². The molecule has 2 unspecified atom stereocenters. The van der Waals surface area contributed by atoms with E-state index in [9.17, 15) is 22.8 Å². The van der Waals surface area contributed by atoms with Crippen molar-refractivity contribution in [2.24, 2.45) is 0 Å². The van der Waals surface area contributed by atoms with Crippen LogP contribution in [0.15, 0.2) is 34.2 Å². The maximum Gasteiger partial charge on any atom is 0.416 e. The normalized spacial score (nSPS) is 18.2. The lowest BCUT2D eigenvalue weighted by Gasteiger charge is -2.14. The molecule has 1 saturated heterocycles. The lowest BCUT2D eigenvalue weighted by Crippen LogP contribution is -2.27. The Bertz CT molecular complexity index is 873. The van der Waals surface area contributed by atoms with Gasteiger partial charge in [-0.05, 0) is 44.0 Å². The van der Waals surface area contributed by atoms with Gasteiger partial charge >= 0.3 is 11.9 Å². The monoisotopic (exact) mass is 416 g/mol. The van der Waals surface area contributed by atoms with Gasteiger partial charge in [0.1, 0.15) is 0 Å². The number of aromatic nitrogens is 3. The van der Waals surface area contributed by atoms with Crippen LogP contribution in [0.3, 0.4) is 0 Å². The Balaban J connectivity index is 1.62. The Kier molecular flexibility index (Phi) is 6.14. The molecule has 0 aliphatic carbocycles. The van der Waals surface area contributed by atoms with Crippen LogP contribution in [0.25, 0.3) is 0 Å². The molecule has 1 amide bonds. The van der Waals surface area contributed by atoms with Crippen LogP contribution in [-0.4, -0.2) is 38.6 Å². The summed E-state index contributed by atoms with van der Waals surface area (Å²) >= 11 is 1.08. The third-order valence-corrected chi connectivity index (χ3v) is 5.35. The summed E-state index contributed by atoms with van der Waals surface area (Å²) in [7, 11) is 0. The molecule has 1 aromatic carbocycles. The number of benzene rings is 1. The van der Waals surface area contributed by atoms with Crippen molar-refractivity contribution in [3.63, 3.8) is 0 Å². The van der Waals surface area contributed by atoms with E-state index in [2.05, 4.69) is 15.5 Å². The van der Waals surface area contributed by atoms with E-state index in [0.29, 0.717) is 18.3 Å². The van der Waals surface area contributed by atoms with Crippen LogP contribution in [0, 0.1) is 0 Å². The molecule has 1 aliphatic rings. The van der Waals surface area contributed by atoms with Crippen LogP contribution in [0.4, 0.5) is 18.9 Å². The Morgan fingerprint density at radius 2 is 2.14 bits per heavy atom. The molecule has 0 spiro atoms. The van der Waals surface area contributed by atoms with Crippen molar-refractivity contribution in [3.05, 3.63) is 40.3 Å². The number of nitrogens with zero attached hydrogens (tertiary/aromatic N) is 2. The Morgan fingerprint density at radius 3 is 2.75 bits per heavy atom. The Hall–Kier alpha value is -2.27. The van der Waals surface area contributed by atoms with Gasteiger partial charge in [-0.25, -0.2) is 9.89 Å². The molecule has 28 heavy (non-hydrogen) atoms. The highest BCUT2D eigenvalue weighted by molar-refractivity contribution is 8.00. The summed E-state index contributed by atoms with van der Waals surface area (Å²) in [4.78, 5) is 24.3. The van der Waals surface area contributed by atoms with Gasteiger partial charge in [0, 0.05) is 12.3 Å². The van der Waals surface area contributed by atoms with Crippen molar-refractivity contribution < 1.29 is 22.7 Å². The summed E-state index contributed by atoms with van der Waals surface area (Å²) < 4.78 is 44.8. The third-order valence-electron chi connectivity index (χ3n) is 4.26. The number of amides is 1. The fourth-order valence-electron chi connectivity index (χ4n) is 2.74. The maximum atomic E-state index is 12.6. The number of H-pyrrole nitrogens is 1. The second-order valence-electron chi connectivity index (χ2n) is 6.38. The number of thioether (sulfide) groups is 1. The first-order valence-corrected chi connectivity index (χ1v) is 9.53. The predicted octanol–water partition coefficient (Wildman–Crippen LogP) is 2.89. The van der Waals surface area contributed by atoms with Crippen LogP contribution < -0.4 is 11.0 Å². The molecule has 1 fully saturated rings. The molecule has 11 heteroatoms. The van der Waals surface area contributed by atoms with Crippen molar-refractivity contribution in [1.29, 1.82) is 0 Å². The summed E-state index contributed by atoms with van der Waals surface area (Å²) in [5.41, 5.74) is -0.917. The van der Waals surface area contributed by atoms with E-state index in [-0.39, 0.29) is 17.5 Å². The number of carbonyl (C=O) groups excluding carboxylic acids is 1. The minimum absolute atomic E-state index is 0.0640. The molecule has 1 aromatic heterocycles. The van der Waals surface area contributed by atoms with Gasteiger partial charge in [0.05, 0.1) is 23.5 Å². The highest BCUT2D eigenvalue weighted by Crippen LogP contribution is 2.30. The average Bonchev–Trinajstić information content (AvgIpc) is 3.27. The van der Waals surface area contributed by atoms with E-state index in [1.807, 2.05) is 0 Å². The molecule has 152 valence electrons. The number of hydrogen-bond acceptors (Lipinski definition) is 5. The molecule has 2 aromatic rings. The fraction of sp³-hybridized carbons (Fsp3) is 0.471. The molecule has 2 heterocycles. The number of ether oxygens (including phenoxy) is 1. The van der Waals surface area contributed by atoms with Crippen molar-refractivity contribution in [2.45, 2.75) is 49.0 Å². The molecule has 2 N–H and O–H groups in total. The quantitative estimate of drug-likeness (QED) is 0.707. The van der Waals surface area contributed by atoms with Gasteiger partial charge in [0.15, 0.2) is 5.16 Å². The summed E-state index contributed by atoms with van der Waals surface area (Å²) in [5, 5.41) is 8.62. The van der Waals surface area contributed by atoms with Crippen LogP contribution >= 0.6 is 11.8 Å². The highest BCUT2D eigenvalue weighted by Gasteiger charge is 2.30. The molecule has 3 rings (SSSR count). The number of aromatic amines is 1. The second-order valence-corrected chi connectivity index (χ2v) is 7.69. The first-order chi connectivity index (χ1) is 13.2. The van der Waals surface area contributed by atoms with Gasteiger partial charge in [0.25, 0.3) is 0 Å². The van der Waals surface area contributed by atoms with Gasteiger partial charge < -0.3 is 10.1 Å². The van der Waals surface area contributed by atoms with Gasteiger partial charge in [-0.3, -0.25) is 9.36 Å². The van der Waals surface area contributed by atoms with Gasteiger partial charge in [-0.2, -0.15) is 13.2 Å². The van der Waals surface area contributed by atoms with Gasteiger partial charge in [-0.15, -0.1) is 5.10 Å². The number of carbonyl (C=O) groups is 1. The number of nitrogens with one attached hydrogen (secondary N) is 2. The number of halogens is 3. The zero-order valence-electron chi connectivity index (χ0n) is 15.0. The minimum Gasteiger partial charge on any atom is -0.376 e. The van der Waals surface area contributed by atoms with Crippen LogP contribution in [-0.2, 0) is 22.3 Å². The van der Waals surface area contributed by atoms with E-state index in [1.54, 1.807) is 6.92 Å². The van der Waals surface area contributed by atoms with Gasteiger partial charge in [-0.1, -0.05) is 11.8 Å². The molecule has 1 aliphatic heterocycles. The summed E-state index contributed by atoms with van der Waals surface area (Å²) in [5.74, 6) is -0.413. The predicted molar refractivity (Wildman–Crippen MR) is 97.2 cm³/mol. The molecule has 0 bridgehead atoms. The molecular weight excluding hydrogens is 397 g/mol. The highest BCUT2D eigenvalue weighted by atomic mass is 32.2. The first kappa shape index (κ1) is 20.5. The zero-order chi connectivity index (χ0) is 20.3. The fourth-order valence-corrected chi connectivity index (χ4v) is 3.61. The number of hydrogen-bond donors (Lipinski definition) is 2. The number of anilines is 1. The minimum atomic E-state index is -4.43.